The van der Waals surface area contributed by atoms with E-state index in [0.29, 0.717) is 19.5 Å². The van der Waals surface area contributed by atoms with Gasteiger partial charge in [-0.2, -0.15) is 0 Å². The van der Waals surface area contributed by atoms with Crippen molar-refractivity contribution in [2.75, 3.05) is 20.1 Å². The molecule has 0 radical (unpaired) electrons. The monoisotopic (exact) mass is 309 g/mol. The van der Waals surface area contributed by atoms with Crippen LogP contribution in [0.5, 0.6) is 5.75 Å². The number of hydrogen-bond donors (Lipinski definition) is 0. The second-order valence-corrected chi connectivity index (χ2v) is 6.97. The predicted octanol–water partition coefficient (Wildman–Crippen LogP) is 2.06. The largest absolute Gasteiger partial charge is 0.573 e. The molecule has 0 amide bonds. The molecule has 1 aromatic carbocycles. The van der Waals surface area contributed by atoms with Crippen LogP contribution in [0.2, 0.25) is 0 Å². The fourth-order valence-corrected chi connectivity index (χ4v) is 3.94. The molecule has 0 N–H and O–H groups in total. The van der Waals surface area contributed by atoms with Crippen LogP contribution in [-0.2, 0) is 9.84 Å². The third kappa shape index (κ3) is 3.43. The van der Waals surface area contributed by atoms with Crippen molar-refractivity contribution in [3.63, 3.8) is 0 Å². The van der Waals surface area contributed by atoms with Crippen molar-refractivity contribution < 1.29 is 26.3 Å². The van der Waals surface area contributed by atoms with E-state index in [2.05, 4.69) is 4.74 Å². The van der Waals surface area contributed by atoms with Gasteiger partial charge in [0, 0.05) is 6.54 Å². The standard InChI is InChI=1S/C12H14F3NO3S/c1-16-7-6-11(8-16)20(17,18)10-4-2-9(3-5-10)19-12(13,14)15/h2-5,11H,6-8H2,1H3. The molecular weight excluding hydrogens is 295 g/mol. The second-order valence-electron chi connectivity index (χ2n) is 4.74. The Labute approximate surface area is 115 Å². The Hall–Kier alpha value is -1.28. The van der Waals surface area contributed by atoms with Crippen molar-refractivity contribution in [1.29, 1.82) is 0 Å². The van der Waals surface area contributed by atoms with Crippen molar-refractivity contribution in [1.82, 2.24) is 4.90 Å². The van der Waals surface area contributed by atoms with E-state index in [4.69, 9.17) is 0 Å². The summed E-state index contributed by atoms with van der Waals surface area (Å²) >= 11 is 0. The van der Waals surface area contributed by atoms with Gasteiger partial charge in [0.25, 0.3) is 0 Å². The zero-order chi connectivity index (χ0) is 15.0. The van der Waals surface area contributed by atoms with Crippen LogP contribution in [0, 0.1) is 0 Å². The average Bonchev–Trinajstić information content (AvgIpc) is 2.75. The van der Waals surface area contributed by atoms with Gasteiger partial charge < -0.3 is 9.64 Å². The molecular formula is C12H14F3NO3S. The SMILES string of the molecule is CN1CCC(S(=O)(=O)c2ccc(OC(F)(F)F)cc2)C1. The van der Waals surface area contributed by atoms with Gasteiger partial charge >= 0.3 is 6.36 Å². The van der Waals surface area contributed by atoms with Gasteiger partial charge in [-0.3, -0.25) is 0 Å². The first-order valence-electron chi connectivity index (χ1n) is 5.97. The molecule has 4 nitrogen and oxygen atoms in total. The molecule has 1 atom stereocenters. The Morgan fingerprint density at radius 3 is 2.30 bits per heavy atom. The zero-order valence-electron chi connectivity index (χ0n) is 10.7. The van der Waals surface area contributed by atoms with Crippen LogP contribution in [0.1, 0.15) is 6.42 Å². The highest BCUT2D eigenvalue weighted by molar-refractivity contribution is 7.92. The zero-order valence-corrected chi connectivity index (χ0v) is 11.5. The summed E-state index contributed by atoms with van der Waals surface area (Å²) in [6.45, 7) is 1.13. The molecule has 20 heavy (non-hydrogen) atoms. The Morgan fingerprint density at radius 2 is 1.85 bits per heavy atom. The summed E-state index contributed by atoms with van der Waals surface area (Å²) < 4.78 is 64.3. The van der Waals surface area contributed by atoms with Gasteiger partial charge in [0.2, 0.25) is 0 Å². The summed E-state index contributed by atoms with van der Waals surface area (Å²) in [5, 5.41) is -0.512. The van der Waals surface area contributed by atoms with Crippen molar-refractivity contribution in [3.05, 3.63) is 24.3 Å². The van der Waals surface area contributed by atoms with E-state index in [1.54, 1.807) is 0 Å². The van der Waals surface area contributed by atoms with Crippen LogP contribution in [0.25, 0.3) is 0 Å². The van der Waals surface area contributed by atoms with Gasteiger partial charge in [-0.1, -0.05) is 0 Å². The highest BCUT2D eigenvalue weighted by Gasteiger charge is 2.34. The number of benzene rings is 1. The summed E-state index contributed by atoms with van der Waals surface area (Å²) in [5.74, 6) is -0.431. The highest BCUT2D eigenvalue weighted by atomic mass is 32.2. The van der Waals surface area contributed by atoms with E-state index < -0.39 is 27.2 Å². The van der Waals surface area contributed by atoms with E-state index in [1.807, 2.05) is 11.9 Å². The molecule has 1 aliphatic heterocycles. The van der Waals surface area contributed by atoms with Crippen molar-refractivity contribution in [2.24, 2.45) is 0 Å². The molecule has 0 bridgehead atoms. The molecule has 8 heteroatoms. The Bertz CT molecular complexity index is 569. The molecule has 2 rings (SSSR count). The lowest BCUT2D eigenvalue weighted by atomic mass is 10.3. The Morgan fingerprint density at radius 1 is 1.25 bits per heavy atom. The molecule has 0 aliphatic carbocycles. The first kappa shape index (κ1) is 15.1. The molecule has 1 aliphatic rings. The number of rotatable bonds is 3. The third-order valence-electron chi connectivity index (χ3n) is 3.17. The van der Waals surface area contributed by atoms with Crippen LogP contribution < -0.4 is 4.74 Å². The minimum atomic E-state index is -4.78. The number of alkyl halides is 3. The number of nitrogens with zero attached hydrogens (tertiary/aromatic N) is 1. The van der Waals surface area contributed by atoms with Crippen molar-refractivity contribution in [2.45, 2.75) is 22.9 Å². The van der Waals surface area contributed by atoms with Gasteiger partial charge in [0.15, 0.2) is 9.84 Å². The minimum Gasteiger partial charge on any atom is -0.406 e. The van der Waals surface area contributed by atoms with Crippen LogP contribution in [-0.4, -0.2) is 45.1 Å². The molecule has 0 saturated carbocycles. The van der Waals surface area contributed by atoms with E-state index in [0.717, 1.165) is 24.3 Å². The maximum atomic E-state index is 12.3. The van der Waals surface area contributed by atoms with E-state index in [1.165, 1.54) is 0 Å². The fourth-order valence-electron chi connectivity index (χ4n) is 2.17. The van der Waals surface area contributed by atoms with Crippen molar-refractivity contribution >= 4 is 9.84 Å². The summed E-state index contributed by atoms with van der Waals surface area (Å²) in [5.41, 5.74) is 0. The summed E-state index contributed by atoms with van der Waals surface area (Å²) in [7, 11) is -1.68. The minimum absolute atomic E-state index is 0.0207. The first-order valence-corrected chi connectivity index (χ1v) is 7.51. The van der Waals surface area contributed by atoms with Gasteiger partial charge in [0.05, 0.1) is 10.1 Å². The molecule has 1 saturated heterocycles. The average molecular weight is 309 g/mol. The van der Waals surface area contributed by atoms with E-state index in [9.17, 15) is 21.6 Å². The maximum absolute atomic E-state index is 12.3. The van der Waals surface area contributed by atoms with Gasteiger partial charge in [-0.25, -0.2) is 8.42 Å². The molecule has 1 fully saturated rings. The van der Waals surface area contributed by atoms with Crippen molar-refractivity contribution in [3.8, 4) is 5.75 Å². The number of sulfone groups is 1. The molecule has 112 valence electrons. The van der Waals surface area contributed by atoms with E-state index >= 15 is 0 Å². The van der Waals surface area contributed by atoms with Crippen LogP contribution >= 0.6 is 0 Å². The van der Waals surface area contributed by atoms with Gasteiger partial charge in [-0.05, 0) is 44.3 Å². The number of halogens is 3. The molecule has 1 heterocycles. The molecule has 1 unspecified atom stereocenters. The summed E-state index contributed by atoms with van der Waals surface area (Å²) in [6.07, 6.45) is -4.26. The fraction of sp³-hybridized carbons (Fsp3) is 0.500. The topological polar surface area (TPSA) is 46.6 Å². The quantitative estimate of drug-likeness (QED) is 0.857. The maximum Gasteiger partial charge on any atom is 0.573 e. The number of ether oxygens (including phenoxy) is 1. The van der Waals surface area contributed by atoms with Gasteiger partial charge in [0.1, 0.15) is 5.75 Å². The third-order valence-corrected chi connectivity index (χ3v) is 5.36. The van der Waals surface area contributed by atoms with Crippen LogP contribution in [0.15, 0.2) is 29.2 Å². The predicted molar refractivity (Wildman–Crippen MR) is 66.2 cm³/mol. The number of hydrogen-bond acceptors (Lipinski definition) is 4. The first-order chi connectivity index (χ1) is 9.18. The van der Waals surface area contributed by atoms with E-state index in [-0.39, 0.29) is 4.90 Å². The molecule has 1 aromatic rings. The summed E-state index contributed by atoms with van der Waals surface area (Å²) in [6, 6.07) is 4.32. The molecule has 0 spiro atoms. The molecule has 0 aromatic heterocycles. The second kappa shape index (κ2) is 5.25. The lowest BCUT2D eigenvalue weighted by molar-refractivity contribution is -0.274. The Kier molecular flexibility index (Phi) is 3.97. The smallest absolute Gasteiger partial charge is 0.406 e. The van der Waals surface area contributed by atoms with Crippen LogP contribution in [0.3, 0.4) is 0 Å². The van der Waals surface area contributed by atoms with Gasteiger partial charge in [-0.15, -0.1) is 13.2 Å². The van der Waals surface area contributed by atoms with Crippen LogP contribution in [0.4, 0.5) is 13.2 Å². The Balaban J connectivity index is 2.17. The lowest BCUT2D eigenvalue weighted by Crippen LogP contribution is -2.25. The highest BCUT2D eigenvalue weighted by Crippen LogP contribution is 2.27. The summed E-state index contributed by atoms with van der Waals surface area (Å²) in [4.78, 5) is 1.93. The number of likely N-dealkylation sites (tertiary alicyclic amines) is 1. The normalized spacial score (nSPS) is 21.1. The lowest BCUT2D eigenvalue weighted by Gasteiger charge is -2.13.